The van der Waals surface area contributed by atoms with Gasteiger partial charge in [-0.25, -0.2) is 8.78 Å². The van der Waals surface area contributed by atoms with Crippen LogP contribution in [0.2, 0.25) is 0 Å². The number of rotatable bonds is 4. The van der Waals surface area contributed by atoms with Crippen LogP contribution < -0.4 is 0 Å². The molecule has 1 nitrogen and oxygen atoms in total. The molecule has 1 aromatic rings. The van der Waals surface area contributed by atoms with Crippen LogP contribution in [0.1, 0.15) is 38.2 Å². The number of carbonyl (C=O) groups excluding carboxylic acids is 1. The SMILES string of the molecule is CC(=O)CCC(C)c1c(F)cccc1F. The lowest BCUT2D eigenvalue weighted by Gasteiger charge is -2.12. The van der Waals surface area contributed by atoms with Crippen molar-refractivity contribution in [1.29, 1.82) is 0 Å². The van der Waals surface area contributed by atoms with Gasteiger partial charge in [0, 0.05) is 12.0 Å². The topological polar surface area (TPSA) is 17.1 Å². The van der Waals surface area contributed by atoms with Crippen LogP contribution in [0.5, 0.6) is 0 Å². The van der Waals surface area contributed by atoms with Gasteiger partial charge in [-0.3, -0.25) is 0 Å². The van der Waals surface area contributed by atoms with Gasteiger partial charge in [-0.05, 0) is 31.4 Å². The van der Waals surface area contributed by atoms with Crippen LogP contribution in [-0.2, 0) is 4.79 Å². The summed E-state index contributed by atoms with van der Waals surface area (Å²) in [7, 11) is 0. The van der Waals surface area contributed by atoms with Crippen molar-refractivity contribution in [1.82, 2.24) is 0 Å². The Morgan fingerprint density at radius 2 is 1.87 bits per heavy atom. The van der Waals surface area contributed by atoms with Crippen molar-refractivity contribution in [3.05, 3.63) is 35.4 Å². The van der Waals surface area contributed by atoms with E-state index in [1.54, 1.807) is 6.92 Å². The third-order valence-electron chi connectivity index (χ3n) is 2.42. The van der Waals surface area contributed by atoms with Crippen LogP contribution in [0.15, 0.2) is 18.2 Å². The molecule has 0 heterocycles. The highest BCUT2D eigenvalue weighted by atomic mass is 19.1. The molecule has 0 radical (unpaired) electrons. The Labute approximate surface area is 88.1 Å². The van der Waals surface area contributed by atoms with Crippen molar-refractivity contribution >= 4 is 5.78 Å². The minimum Gasteiger partial charge on any atom is -0.300 e. The molecular formula is C12H14F2O. The van der Waals surface area contributed by atoms with Crippen molar-refractivity contribution < 1.29 is 13.6 Å². The summed E-state index contributed by atoms with van der Waals surface area (Å²) in [4.78, 5) is 10.8. The third-order valence-corrected chi connectivity index (χ3v) is 2.42. The molecule has 1 rings (SSSR count). The van der Waals surface area contributed by atoms with E-state index < -0.39 is 11.6 Å². The van der Waals surface area contributed by atoms with E-state index in [2.05, 4.69) is 0 Å². The van der Waals surface area contributed by atoms with E-state index in [0.717, 1.165) is 0 Å². The Balaban J connectivity index is 2.81. The first-order valence-corrected chi connectivity index (χ1v) is 4.95. The van der Waals surface area contributed by atoms with Gasteiger partial charge in [0.25, 0.3) is 0 Å². The predicted octanol–water partition coefficient (Wildman–Crippen LogP) is 3.44. The smallest absolute Gasteiger partial charge is 0.129 e. The zero-order valence-electron chi connectivity index (χ0n) is 8.89. The monoisotopic (exact) mass is 212 g/mol. The zero-order chi connectivity index (χ0) is 11.4. The van der Waals surface area contributed by atoms with E-state index in [-0.39, 0.29) is 17.3 Å². The van der Waals surface area contributed by atoms with Crippen LogP contribution in [0.3, 0.4) is 0 Å². The average Bonchev–Trinajstić information content (AvgIpc) is 2.14. The quantitative estimate of drug-likeness (QED) is 0.747. The summed E-state index contributed by atoms with van der Waals surface area (Å²) in [5.74, 6) is -1.30. The highest BCUT2D eigenvalue weighted by molar-refractivity contribution is 5.75. The van der Waals surface area contributed by atoms with Gasteiger partial charge in [0.05, 0.1) is 0 Å². The lowest BCUT2D eigenvalue weighted by molar-refractivity contribution is -0.117. The largest absolute Gasteiger partial charge is 0.300 e. The van der Waals surface area contributed by atoms with E-state index in [1.165, 1.54) is 25.1 Å². The summed E-state index contributed by atoms with van der Waals surface area (Å²) in [6.45, 7) is 3.20. The first-order chi connectivity index (χ1) is 7.02. The third kappa shape index (κ3) is 3.11. The molecule has 3 heteroatoms. The molecule has 0 fully saturated rings. The number of halogens is 2. The van der Waals surface area contributed by atoms with Crippen molar-refractivity contribution in [2.75, 3.05) is 0 Å². The second-order valence-corrected chi connectivity index (χ2v) is 3.78. The molecule has 1 atom stereocenters. The van der Waals surface area contributed by atoms with Crippen LogP contribution >= 0.6 is 0 Å². The molecule has 0 aromatic heterocycles. The molecule has 0 N–H and O–H groups in total. The van der Waals surface area contributed by atoms with E-state index in [9.17, 15) is 13.6 Å². The molecule has 15 heavy (non-hydrogen) atoms. The van der Waals surface area contributed by atoms with Gasteiger partial charge in [0.2, 0.25) is 0 Å². The maximum absolute atomic E-state index is 13.3. The minimum absolute atomic E-state index is 0.0404. The number of carbonyl (C=O) groups is 1. The van der Waals surface area contributed by atoms with E-state index in [0.29, 0.717) is 12.8 Å². The number of Topliss-reactive ketones (excluding diaryl/α,β-unsaturated/α-hetero) is 1. The van der Waals surface area contributed by atoms with Gasteiger partial charge < -0.3 is 4.79 Å². The highest BCUT2D eigenvalue weighted by Crippen LogP contribution is 2.25. The Morgan fingerprint density at radius 1 is 1.33 bits per heavy atom. The second-order valence-electron chi connectivity index (χ2n) is 3.78. The fourth-order valence-corrected chi connectivity index (χ4v) is 1.55. The summed E-state index contributed by atoms with van der Waals surface area (Å²) in [5.41, 5.74) is 0.0822. The summed E-state index contributed by atoms with van der Waals surface area (Å²) in [5, 5.41) is 0. The lowest BCUT2D eigenvalue weighted by atomic mass is 9.94. The van der Waals surface area contributed by atoms with Gasteiger partial charge in [-0.2, -0.15) is 0 Å². The summed E-state index contributed by atoms with van der Waals surface area (Å²) >= 11 is 0. The maximum Gasteiger partial charge on any atom is 0.129 e. The molecular weight excluding hydrogens is 198 g/mol. The van der Waals surface area contributed by atoms with Gasteiger partial charge in [-0.1, -0.05) is 13.0 Å². The summed E-state index contributed by atoms with van der Waals surface area (Å²) < 4.78 is 26.6. The summed E-state index contributed by atoms with van der Waals surface area (Å²) in [6.07, 6.45) is 0.835. The molecule has 0 saturated heterocycles. The zero-order valence-corrected chi connectivity index (χ0v) is 8.89. The van der Waals surface area contributed by atoms with Crippen LogP contribution in [-0.4, -0.2) is 5.78 Å². The number of benzene rings is 1. The van der Waals surface area contributed by atoms with E-state index in [1.807, 2.05) is 0 Å². The molecule has 82 valence electrons. The standard InChI is InChI=1S/C12H14F2O/c1-8(6-7-9(2)15)12-10(13)4-3-5-11(12)14/h3-5,8H,6-7H2,1-2H3. The normalized spacial score (nSPS) is 12.5. The van der Waals surface area contributed by atoms with Crippen molar-refractivity contribution in [3.63, 3.8) is 0 Å². The Kier molecular flexibility index (Phi) is 3.95. The van der Waals surface area contributed by atoms with Crippen molar-refractivity contribution in [2.45, 2.75) is 32.6 Å². The predicted molar refractivity (Wildman–Crippen MR) is 54.7 cm³/mol. The van der Waals surface area contributed by atoms with Gasteiger partial charge in [0.15, 0.2) is 0 Å². The minimum atomic E-state index is -0.536. The molecule has 0 saturated carbocycles. The number of hydrogen-bond acceptors (Lipinski definition) is 1. The molecule has 0 aliphatic rings. The Hall–Kier alpha value is -1.25. The fourth-order valence-electron chi connectivity index (χ4n) is 1.55. The van der Waals surface area contributed by atoms with E-state index in [4.69, 9.17) is 0 Å². The molecule has 0 aliphatic carbocycles. The van der Waals surface area contributed by atoms with Crippen LogP contribution in [0.25, 0.3) is 0 Å². The van der Waals surface area contributed by atoms with E-state index >= 15 is 0 Å². The molecule has 1 aromatic carbocycles. The highest BCUT2D eigenvalue weighted by Gasteiger charge is 2.15. The van der Waals surface area contributed by atoms with Gasteiger partial charge in [-0.15, -0.1) is 0 Å². The van der Waals surface area contributed by atoms with Crippen molar-refractivity contribution in [3.8, 4) is 0 Å². The van der Waals surface area contributed by atoms with Crippen LogP contribution in [0, 0.1) is 11.6 Å². The van der Waals surface area contributed by atoms with Crippen molar-refractivity contribution in [2.24, 2.45) is 0 Å². The first-order valence-electron chi connectivity index (χ1n) is 4.95. The molecule has 1 unspecified atom stereocenters. The first kappa shape index (κ1) is 11.8. The average molecular weight is 212 g/mol. The van der Waals surface area contributed by atoms with Crippen LogP contribution in [0.4, 0.5) is 8.78 Å². The Morgan fingerprint density at radius 3 is 2.33 bits per heavy atom. The molecule has 0 aliphatic heterocycles. The fraction of sp³-hybridized carbons (Fsp3) is 0.417. The number of hydrogen-bond donors (Lipinski definition) is 0. The maximum atomic E-state index is 13.3. The van der Waals surface area contributed by atoms with Gasteiger partial charge >= 0.3 is 0 Å². The lowest BCUT2D eigenvalue weighted by Crippen LogP contribution is -2.03. The molecule has 0 bridgehead atoms. The number of ketones is 1. The van der Waals surface area contributed by atoms with Gasteiger partial charge in [0.1, 0.15) is 17.4 Å². The second kappa shape index (κ2) is 5.01. The Bertz CT molecular complexity index is 340. The molecule has 0 amide bonds. The molecule has 0 spiro atoms. The summed E-state index contributed by atoms with van der Waals surface area (Å²) in [6, 6.07) is 3.82.